The van der Waals surface area contributed by atoms with Gasteiger partial charge in [0.1, 0.15) is 5.69 Å². The van der Waals surface area contributed by atoms with Gasteiger partial charge in [0.25, 0.3) is 0 Å². The van der Waals surface area contributed by atoms with Gasteiger partial charge >= 0.3 is 0 Å². The molecule has 0 aliphatic rings. The highest BCUT2D eigenvalue weighted by atomic mass is 32.2. The SMILES string of the molecule is C=NC(=CC=CC)CSc1nnc2ccc(-c3cccs3)nn12. The summed E-state index contributed by atoms with van der Waals surface area (Å²) >= 11 is 3.20. The van der Waals surface area contributed by atoms with E-state index in [0.717, 1.165) is 27.1 Å². The molecule has 0 unspecified atom stereocenters. The Morgan fingerprint density at radius 2 is 2.30 bits per heavy atom. The molecule has 0 saturated heterocycles. The topological polar surface area (TPSA) is 55.4 Å². The van der Waals surface area contributed by atoms with Gasteiger partial charge in [-0.15, -0.1) is 21.5 Å². The minimum Gasteiger partial charge on any atom is -0.268 e. The normalized spacial score (nSPS) is 12.3. The van der Waals surface area contributed by atoms with Gasteiger partial charge in [0.05, 0.1) is 4.88 Å². The maximum atomic E-state index is 4.65. The average molecular weight is 341 g/mol. The van der Waals surface area contributed by atoms with Crippen LogP contribution in [0.15, 0.2) is 63.7 Å². The molecule has 0 aromatic carbocycles. The Hall–Kier alpha value is -2.25. The Balaban J connectivity index is 1.86. The highest BCUT2D eigenvalue weighted by molar-refractivity contribution is 7.99. The van der Waals surface area contributed by atoms with Crippen LogP contribution in [-0.4, -0.2) is 32.3 Å². The molecule has 3 aromatic heterocycles. The molecule has 0 fully saturated rings. The van der Waals surface area contributed by atoms with E-state index in [9.17, 15) is 0 Å². The van der Waals surface area contributed by atoms with Crippen LogP contribution in [0.5, 0.6) is 0 Å². The number of nitrogens with zero attached hydrogens (tertiary/aromatic N) is 5. The molecule has 0 N–H and O–H groups in total. The zero-order valence-corrected chi connectivity index (χ0v) is 14.2. The van der Waals surface area contributed by atoms with E-state index >= 15 is 0 Å². The van der Waals surface area contributed by atoms with Crippen molar-refractivity contribution >= 4 is 35.5 Å². The lowest BCUT2D eigenvalue weighted by molar-refractivity contribution is 0.814. The summed E-state index contributed by atoms with van der Waals surface area (Å²) in [6, 6.07) is 7.96. The van der Waals surface area contributed by atoms with E-state index in [1.807, 2.05) is 48.7 Å². The number of aliphatic imine (C=N–C) groups is 1. The van der Waals surface area contributed by atoms with Gasteiger partial charge in [0.2, 0.25) is 5.16 Å². The zero-order valence-electron chi connectivity index (χ0n) is 12.6. The van der Waals surface area contributed by atoms with Crippen LogP contribution in [0, 0.1) is 0 Å². The van der Waals surface area contributed by atoms with E-state index in [4.69, 9.17) is 0 Å². The van der Waals surface area contributed by atoms with Gasteiger partial charge in [-0.2, -0.15) is 9.61 Å². The number of fused-ring (bicyclic) bond motifs is 1. The minimum atomic E-state index is 0.666. The van der Waals surface area contributed by atoms with E-state index in [1.54, 1.807) is 15.9 Å². The molecule has 0 amide bonds. The molecule has 116 valence electrons. The van der Waals surface area contributed by atoms with E-state index in [1.165, 1.54) is 11.8 Å². The molecular weight excluding hydrogens is 326 g/mol. The number of rotatable bonds is 6. The molecule has 7 heteroatoms. The Bertz CT molecular complexity index is 862. The van der Waals surface area contributed by atoms with Crippen molar-refractivity contribution in [3.05, 3.63) is 53.6 Å². The molecule has 0 atom stereocenters. The maximum Gasteiger partial charge on any atom is 0.212 e. The number of hydrogen-bond acceptors (Lipinski definition) is 6. The van der Waals surface area contributed by atoms with Crippen molar-refractivity contribution in [1.82, 2.24) is 19.8 Å². The molecule has 0 saturated carbocycles. The summed E-state index contributed by atoms with van der Waals surface area (Å²) in [7, 11) is 0. The first kappa shape index (κ1) is 15.6. The lowest BCUT2D eigenvalue weighted by atomic mass is 10.3. The molecular formula is C16H15N5S2. The zero-order chi connectivity index (χ0) is 16.1. The molecule has 0 bridgehead atoms. The Morgan fingerprint density at radius 1 is 1.39 bits per heavy atom. The monoisotopic (exact) mass is 341 g/mol. The summed E-state index contributed by atoms with van der Waals surface area (Å²) in [4.78, 5) is 5.15. The molecule has 0 aliphatic carbocycles. The van der Waals surface area contributed by atoms with Gasteiger partial charge in [0.15, 0.2) is 5.65 Å². The summed E-state index contributed by atoms with van der Waals surface area (Å²) in [6.07, 6.45) is 5.84. The van der Waals surface area contributed by atoms with Crippen LogP contribution >= 0.6 is 23.1 Å². The quantitative estimate of drug-likeness (QED) is 0.385. The molecule has 0 spiro atoms. The van der Waals surface area contributed by atoms with Crippen molar-refractivity contribution in [2.45, 2.75) is 12.1 Å². The van der Waals surface area contributed by atoms with Crippen molar-refractivity contribution in [1.29, 1.82) is 0 Å². The van der Waals surface area contributed by atoms with E-state index < -0.39 is 0 Å². The molecule has 23 heavy (non-hydrogen) atoms. The third-order valence-electron chi connectivity index (χ3n) is 3.04. The van der Waals surface area contributed by atoms with Crippen molar-refractivity contribution in [3.63, 3.8) is 0 Å². The summed E-state index contributed by atoms with van der Waals surface area (Å²) in [6.45, 7) is 5.57. The number of hydrogen-bond donors (Lipinski definition) is 0. The standard InChI is InChI=1S/C16H15N5S2/c1-3-4-6-12(17-2)11-23-16-19-18-15-9-8-13(20-21(15)16)14-7-5-10-22-14/h3-10H,2,11H2,1H3. The van der Waals surface area contributed by atoms with Crippen LogP contribution < -0.4 is 0 Å². The number of aromatic nitrogens is 4. The fourth-order valence-corrected chi connectivity index (χ4v) is 3.42. The van der Waals surface area contributed by atoms with Gasteiger partial charge < -0.3 is 0 Å². The van der Waals surface area contributed by atoms with Gasteiger partial charge in [0, 0.05) is 11.4 Å². The van der Waals surface area contributed by atoms with Crippen molar-refractivity contribution < 1.29 is 0 Å². The number of thioether (sulfide) groups is 1. The fraction of sp³-hybridized carbons (Fsp3) is 0.125. The lowest BCUT2D eigenvalue weighted by Gasteiger charge is -2.01. The van der Waals surface area contributed by atoms with Crippen LogP contribution in [-0.2, 0) is 0 Å². The van der Waals surface area contributed by atoms with E-state index in [2.05, 4.69) is 33.1 Å². The van der Waals surface area contributed by atoms with Gasteiger partial charge in [-0.1, -0.05) is 30.0 Å². The predicted octanol–water partition coefficient (Wildman–Crippen LogP) is 4.11. The second-order valence-corrected chi connectivity index (χ2v) is 6.47. The van der Waals surface area contributed by atoms with Gasteiger partial charge in [-0.3, -0.25) is 4.99 Å². The van der Waals surface area contributed by atoms with Gasteiger partial charge in [-0.25, -0.2) is 0 Å². The summed E-state index contributed by atoms with van der Waals surface area (Å²) in [5.74, 6) is 0.666. The van der Waals surface area contributed by atoms with Crippen molar-refractivity contribution in [2.24, 2.45) is 4.99 Å². The first-order valence-corrected chi connectivity index (χ1v) is 8.86. The summed E-state index contributed by atoms with van der Waals surface area (Å²) < 4.78 is 1.77. The highest BCUT2D eigenvalue weighted by Crippen LogP contribution is 2.24. The Morgan fingerprint density at radius 3 is 3.04 bits per heavy atom. The summed E-state index contributed by atoms with van der Waals surface area (Å²) in [5.41, 5.74) is 2.54. The van der Waals surface area contributed by atoms with Gasteiger partial charge in [-0.05, 0) is 43.3 Å². The smallest absolute Gasteiger partial charge is 0.212 e. The third kappa shape index (κ3) is 3.57. The molecule has 5 nitrogen and oxygen atoms in total. The highest BCUT2D eigenvalue weighted by Gasteiger charge is 2.10. The van der Waals surface area contributed by atoms with E-state index in [0.29, 0.717) is 5.75 Å². The first-order chi connectivity index (χ1) is 11.3. The molecule has 0 aliphatic heterocycles. The molecule has 3 aromatic rings. The third-order valence-corrected chi connectivity index (χ3v) is 4.89. The lowest BCUT2D eigenvalue weighted by Crippen LogP contribution is -1.96. The van der Waals surface area contributed by atoms with Crippen molar-refractivity contribution in [3.8, 4) is 10.6 Å². The molecule has 0 radical (unpaired) electrons. The largest absolute Gasteiger partial charge is 0.268 e. The number of thiophene rings is 1. The molecule has 3 heterocycles. The molecule has 3 rings (SSSR count). The van der Waals surface area contributed by atoms with E-state index in [-0.39, 0.29) is 0 Å². The Kier molecular flexibility index (Phi) is 4.99. The van der Waals surface area contributed by atoms with Crippen molar-refractivity contribution in [2.75, 3.05) is 5.75 Å². The second-order valence-electron chi connectivity index (χ2n) is 4.58. The maximum absolute atomic E-state index is 4.65. The van der Waals surface area contributed by atoms with Crippen LogP contribution in [0.25, 0.3) is 16.2 Å². The second kappa shape index (κ2) is 7.34. The first-order valence-electron chi connectivity index (χ1n) is 6.99. The number of allylic oxidation sites excluding steroid dienone is 3. The Labute approximate surface area is 142 Å². The van der Waals surface area contributed by atoms with Crippen LogP contribution in [0.1, 0.15) is 6.92 Å². The van der Waals surface area contributed by atoms with Crippen LogP contribution in [0.3, 0.4) is 0 Å². The fourth-order valence-electron chi connectivity index (χ4n) is 1.91. The average Bonchev–Trinajstić information content (AvgIpc) is 3.24. The summed E-state index contributed by atoms with van der Waals surface area (Å²) in [5, 5.41) is 15.8. The minimum absolute atomic E-state index is 0.666. The van der Waals surface area contributed by atoms with Crippen LogP contribution in [0.2, 0.25) is 0 Å². The van der Waals surface area contributed by atoms with Crippen LogP contribution in [0.4, 0.5) is 0 Å². The predicted molar refractivity (Wildman–Crippen MR) is 97.3 cm³/mol.